The number of nitriles is 2. The number of ether oxygens (including phenoxy) is 4. The highest BCUT2D eigenvalue weighted by molar-refractivity contribution is 6.05. The van der Waals surface area contributed by atoms with E-state index < -0.39 is 23.1 Å². The van der Waals surface area contributed by atoms with Gasteiger partial charge in [0, 0.05) is 14.2 Å². The standard InChI is InChI=1S/C12H14N2O6/c1-17-3-5-19-11(15)9(7-13)10(8-14)12(16)20-6-4-18-2/h3-6H2,1-2H3. The highest BCUT2D eigenvalue weighted by Crippen LogP contribution is 2.08. The predicted molar refractivity (Wildman–Crippen MR) is 63.9 cm³/mol. The molecule has 108 valence electrons. The van der Waals surface area contributed by atoms with Crippen LogP contribution in [0.5, 0.6) is 0 Å². The fourth-order valence-electron chi connectivity index (χ4n) is 0.987. The van der Waals surface area contributed by atoms with Crippen LogP contribution in [0.3, 0.4) is 0 Å². The van der Waals surface area contributed by atoms with Crippen LogP contribution >= 0.6 is 0 Å². The smallest absolute Gasteiger partial charge is 0.350 e. The summed E-state index contributed by atoms with van der Waals surface area (Å²) in [6, 6.07) is 2.92. The molecule has 0 spiro atoms. The molecule has 0 aromatic rings. The molecule has 8 heteroatoms. The van der Waals surface area contributed by atoms with E-state index in [4.69, 9.17) is 10.5 Å². The fraction of sp³-hybridized carbons (Fsp3) is 0.500. The Morgan fingerprint density at radius 3 is 1.40 bits per heavy atom. The number of rotatable bonds is 8. The van der Waals surface area contributed by atoms with Crippen LogP contribution in [-0.4, -0.2) is 52.6 Å². The van der Waals surface area contributed by atoms with Gasteiger partial charge in [-0.3, -0.25) is 0 Å². The van der Waals surface area contributed by atoms with Crippen LogP contribution in [0.1, 0.15) is 0 Å². The molecule has 0 aromatic heterocycles. The maximum Gasteiger partial charge on any atom is 0.350 e. The Balaban J connectivity index is 4.90. The maximum atomic E-state index is 11.5. The van der Waals surface area contributed by atoms with Gasteiger partial charge in [0.25, 0.3) is 0 Å². The fourth-order valence-corrected chi connectivity index (χ4v) is 0.987. The first-order valence-corrected chi connectivity index (χ1v) is 5.48. The van der Waals surface area contributed by atoms with Crippen molar-refractivity contribution in [3.63, 3.8) is 0 Å². The number of esters is 2. The van der Waals surface area contributed by atoms with E-state index >= 15 is 0 Å². The Labute approximate surface area is 116 Å². The van der Waals surface area contributed by atoms with E-state index in [1.807, 2.05) is 0 Å². The lowest BCUT2D eigenvalue weighted by Crippen LogP contribution is -2.18. The first-order valence-electron chi connectivity index (χ1n) is 5.48. The van der Waals surface area contributed by atoms with Crippen LogP contribution in [0.25, 0.3) is 0 Å². The predicted octanol–water partition coefficient (Wildman–Crippen LogP) is -0.291. The van der Waals surface area contributed by atoms with E-state index in [0.29, 0.717) is 0 Å². The van der Waals surface area contributed by atoms with Crippen molar-refractivity contribution in [3.05, 3.63) is 11.1 Å². The van der Waals surface area contributed by atoms with Crippen molar-refractivity contribution in [2.24, 2.45) is 0 Å². The van der Waals surface area contributed by atoms with E-state index in [-0.39, 0.29) is 26.4 Å². The van der Waals surface area contributed by atoms with E-state index in [1.54, 1.807) is 0 Å². The lowest BCUT2D eigenvalue weighted by Gasteiger charge is -2.05. The molecule has 0 aromatic carbocycles. The Bertz CT molecular complexity index is 416. The summed E-state index contributed by atoms with van der Waals surface area (Å²) in [5.41, 5.74) is -1.41. The van der Waals surface area contributed by atoms with Crippen molar-refractivity contribution in [2.45, 2.75) is 0 Å². The Morgan fingerprint density at radius 1 is 0.800 bits per heavy atom. The molecule has 0 radical (unpaired) electrons. The highest BCUT2D eigenvalue weighted by Gasteiger charge is 2.23. The van der Waals surface area contributed by atoms with Gasteiger partial charge < -0.3 is 18.9 Å². The van der Waals surface area contributed by atoms with Gasteiger partial charge >= 0.3 is 11.9 Å². The molecule has 0 heterocycles. The molecule has 8 nitrogen and oxygen atoms in total. The quantitative estimate of drug-likeness (QED) is 0.258. The normalized spacial score (nSPS) is 10.8. The van der Waals surface area contributed by atoms with Crippen LogP contribution in [-0.2, 0) is 28.5 Å². The summed E-state index contributed by atoms with van der Waals surface area (Å²) in [5.74, 6) is -2.16. The van der Waals surface area contributed by atoms with Crippen molar-refractivity contribution in [3.8, 4) is 12.1 Å². The number of hydrogen-bond acceptors (Lipinski definition) is 8. The molecule has 0 fully saturated rings. The molecule has 0 amide bonds. The number of hydrogen-bond donors (Lipinski definition) is 0. The third-order valence-corrected chi connectivity index (χ3v) is 1.92. The zero-order chi connectivity index (χ0) is 15.4. The Hall–Kier alpha value is -2.42. The first-order chi connectivity index (χ1) is 9.62. The number of carbonyl (C=O) groups is 2. The summed E-state index contributed by atoms with van der Waals surface area (Å²) in [5, 5.41) is 17.7. The van der Waals surface area contributed by atoms with E-state index in [2.05, 4.69) is 18.9 Å². The minimum absolute atomic E-state index is 0.0993. The van der Waals surface area contributed by atoms with Crippen molar-refractivity contribution < 1.29 is 28.5 Å². The SMILES string of the molecule is COCCOC(=O)C(C#N)=C(C#N)C(=O)OCCOC. The average molecular weight is 282 g/mol. The summed E-state index contributed by atoms with van der Waals surface area (Å²) in [6.07, 6.45) is 0. The minimum Gasteiger partial charge on any atom is -0.459 e. The summed E-state index contributed by atoms with van der Waals surface area (Å²) >= 11 is 0. The van der Waals surface area contributed by atoms with Crippen molar-refractivity contribution in [1.82, 2.24) is 0 Å². The monoisotopic (exact) mass is 282 g/mol. The van der Waals surface area contributed by atoms with Gasteiger partial charge in [-0.15, -0.1) is 0 Å². The zero-order valence-corrected chi connectivity index (χ0v) is 11.2. The van der Waals surface area contributed by atoms with Crippen molar-refractivity contribution in [2.75, 3.05) is 40.6 Å². The first kappa shape index (κ1) is 17.6. The average Bonchev–Trinajstić information content (AvgIpc) is 2.44. The van der Waals surface area contributed by atoms with Gasteiger partial charge in [0.1, 0.15) is 25.4 Å². The number of carbonyl (C=O) groups excluding carboxylic acids is 2. The highest BCUT2D eigenvalue weighted by atomic mass is 16.6. The van der Waals surface area contributed by atoms with Crippen LogP contribution in [0, 0.1) is 22.7 Å². The molecule has 0 saturated carbocycles. The van der Waals surface area contributed by atoms with Crippen molar-refractivity contribution >= 4 is 11.9 Å². The van der Waals surface area contributed by atoms with Gasteiger partial charge in [0.05, 0.1) is 13.2 Å². The van der Waals surface area contributed by atoms with E-state index in [1.165, 1.54) is 26.4 Å². The van der Waals surface area contributed by atoms with Gasteiger partial charge in [-0.25, -0.2) is 9.59 Å². The second-order valence-corrected chi connectivity index (χ2v) is 3.23. The molecular formula is C12H14N2O6. The summed E-state index contributed by atoms with van der Waals surface area (Å²) in [6.45, 7) is 0.0606. The summed E-state index contributed by atoms with van der Waals surface area (Å²) < 4.78 is 18.6. The third-order valence-electron chi connectivity index (χ3n) is 1.92. The number of nitrogens with zero attached hydrogens (tertiary/aromatic N) is 2. The van der Waals surface area contributed by atoms with Gasteiger partial charge in [0.15, 0.2) is 11.1 Å². The molecule has 0 aliphatic carbocycles. The second kappa shape index (κ2) is 10.5. The third kappa shape index (κ3) is 5.96. The topological polar surface area (TPSA) is 119 Å². The van der Waals surface area contributed by atoms with Gasteiger partial charge in [-0.05, 0) is 0 Å². The van der Waals surface area contributed by atoms with E-state index in [0.717, 1.165) is 0 Å². The summed E-state index contributed by atoms with van der Waals surface area (Å²) in [4.78, 5) is 23.1. The Kier molecular flexibility index (Phi) is 9.23. The lowest BCUT2D eigenvalue weighted by atomic mass is 10.1. The molecular weight excluding hydrogens is 268 g/mol. The zero-order valence-electron chi connectivity index (χ0n) is 11.2. The Morgan fingerprint density at radius 2 is 1.15 bits per heavy atom. The van der Waals surface area contributed by atoms with Crippen molar-refractivity contribution in [1.29, 1.82) is 10.5 Å². The molecule has 0 unspecified atom stereocenters. The maximum absolute atomic E-state index is 11.5. The van der Waals surface area contributed by atoms with Gasteiger partial charge in [-0.1, -0.05) is 0 Å². The molecule has 0 saturated heterocycles. The largest absolute Gasteiger partial charge is 0.459 e. The lowest BCUT2D eigenvalue weighted by molar-refractivity contribution is -0.142. The second-order valence-electron chi connectivity index (χ2n) is 3.23. The minimum atomic E-state index is -1.08. The molecule has 0 rings (SSSR count). The summed E-state index contributed by atoms with van der Waals surface area (Å²) in [7, 11) is 2.81. The van der Waals surface area contributed by atoms with Gasteiger partial charge in [-0.2, -0.15) is 10.5 Å². The molecule has 0 aliphatic heterocycles. The van der Waals surface area contributed by atoms with E-state index in [9.17, 15) is 9.59 Å². The number of methoxy groups -OCH3 is 2. The molecule has 0 atom stereocenters. The van der Waals surface area contributed by atoms with Gasteiger partial charge in [0.2, 0.25) is 0 Å². The molecule has 0 bridgehead atoms. The van der Waals surface area contributed by atoms with Crippen LogP contribution in [0.2, 0.25) is 0 Å². The molecule has 0 aliphatic rings. The molecule has 20 heavy (non-hydrogen) atoms. The molecule has 0 N–H and O–H groups in total. The van der Waals surface area contributed by atoms with Crippen LogP contribution < -0.4 is 0 Å². The van der Waals surface area contributed by atoms with Crippen LogP contribution in [0.4, 0.5) is 0 Å². The van der Waals surface area contributed by atoms with Crippen LogP contribution in [0.15, 0.2) is 11.1 Å².